The Morgan fingerprint density at radius 1 is 0.634 bits per heavy atom. The fourth-order valence-corrected chi connectivity index (χ4v) is 4.51. The number of benzene rings is 4. The van der Waals surface area contributed by atoms with Crippen LogP contribution in [0.25, 0.3) is 0 Å². The predicted octanol–water partition coefficient (Wildman–Crippen LogP) is 4.65. The number of rotatable bonds is 11. The fourth-order valence-electron chi connectivity index (χ4n) is 4.51. The summed E-state index contributed by atoms with van der Waals surface area (Å²) >= 11 is 0. The van der Waals surface area contributed by atoms with Gasteiger partial charge in [-0.2, -0.15) is 0 Å². The van der Waals surface area contributed by atoms with Crippen LogP contribution < -0.4 is 16.0 Å². The zero-order valence-electron chi connectivity index (χ0n) is 22.5. The van der Waals surface area contributed by atoms with Gasteiger partial charge in [-0.3, -0.25) is 14.4 Å². The van der Waals surface area contributed by atoms with E-state index in [1.165, 1.54) is 6.92 Å². The van der Waals surface area contributed by atoms with Crippen LogP contribution in [0.4, 0.5) is 8.78 Å². The standard InChI is InChI=1S/C33H31F2N3O3/c1-22(36-30(39)20-24-17-27(34)21-28(35)18-24)32(40)37-29(19-23-11-5-2-6-12-23)33(41)38-31(25-13-7-3-8-14-25)26-15-9-4-10-16-26/h2-18,21-22,29,31H,19-20H2,1H3,(H,36,39)(H,37,40)(H,38,41)/t22-,29-/m0/s1. The van der Waals surface area contributed by atoms with Gasteiger partial charge in [0.1, 0.15) is 23.7 Å². The highest BCUT2D eigenvalue weighted by Gasteiger charge is 2.27. The molecule has 0 bridgehead atoms. The molecule has 0 saturated carbocycles. The molecule has 0 aliphatic heterocycles. The van der Waals surface area contributed by atoms with Gasteiger partial charge in [-0.25, -0.2) is 8.78 Å². The van der Waals surface area contributed by atoms with Crippen molar-refractivity contribution in [1.82, 2.24) is 16.0 Å². The molecule has 0 aromatic heterocycles. The van der Waals surface area contributed by atoms with E-state index in [9.17, 15) is 23.2 Å². The summed E-state index contributed by atoms with van der Waals surface area (Å²) in [6.45, 7) is 1.48. The predicted molar refractivity (Wildman–Crippen MR) is 153 cm³/mol. The molecular weight excluding hydrogens is 524 g/mol. The van der Waals surface area contributed by atoms with Crippen LogP contribution in [0, 0.1) is 11.6 Å². The van der Waals surface area contributed by atoms with Gasteiger partial charge in [0.05, 0.1) is 12.5 Å². The van der Waals surface area contributed by atoms with E-state index >= 15 is 0 Å². The van der Waals surface area contributed by atoms with Crippen LogP contribution in [-0.4, -0.2) is 29.8 Å². The van der Waals surface area contributed by atoms with Crippen LogP contribution in [0.2, 0.25) is 0 Å². The van der Waals surface area contributed by atoms with Crippen LogP contribution in [0.15, 0.2) is 109 Å². The van der Waals surface area contributed by atoms with Crippen LogP contribution >= 0.6 is 0 Å². The normalized spacial score (nSPS) is 12.3. The Balaban J connectivity index is 1.49. The molecular formula is C33H31F2N3O3. The zero-order valence-corrected chi connectivity index (χ0v) is 22.5. The summed E-state index contributed by atoms with van der Waals surface area (Å²) in [5.74, 6) is -3.14. The maximum atomic E-state index is 13.7. The Morgan fingerprint density at radius 3 is 1.68 bits per heavy atom. The first-order valence-corrected chi connectivity index (χ1v) is 13.3. The Kier molecular flexibility index (Phi) is 9.94. The lowest BCUT2D eigenvalue weighted by Gasteiger charge is -2.25. The quantitative estimate of drug-likeness (QED) is 0.252. The van der Waals surface area contributed by atoms with Crippen molar-refractivity contribution in [3.63, 3.8) is 0 Å². The Bertz CT molecular complexity index is 1410. The van der Waals surface area contributed by atoms with Crippen molar-refractivity contribution in [2.24, 2.45) is 0 Å². The average Bonchev–Trinajstić information content (AvgIpc) is 2.96. The molecule has 3 amide bonds. The number of halogens is 2. The van der Waals surface area contributed by atoms with Gasteiger partial charge in [0.2, 0.25) is 17.7 Å². The highest BCUT2D eigenvalue weighted by Crippen LogP contribution is 2.22. The number of nitrogens with one attached hydrogen (secondary N) is 3. The molecule has 0 heterocycles. The molecule has 4 aromatic rings. The Morgan fingerprint density at radius 2 is 1.15 bits per heavy atom. The minimum Gasteiger partial charge on any atom is -0.344 e. The lowest BCUT2D eigenvalue weighted by atomic mass is 9.97. The fraction of sp³-hybridized carbons (Fsp3) is 0.182. The van der Waals surface area contributed by atoms with E-state index in [-0.39, 0.29) is 18.4 Å². The monoisotopic (exact) mass is 555 g/mol. The molecule has 0 fully saturated rings. The topological polar surface area (TPSA) is 87.3 Å². The second-order valence-electron chi connectivity index (χ2n) is 9.76. The van der Waals surface area contributed by atoms with Crippen LogP contribution in [0.1, 0.15) is 35.2 Å². The molecule has 41 heavy (non-hydrogen) atoms. The molecule has 0 saturated heterocycles. The van der Waals surface area contributed by atoms with Crippen molar-refractivity contribution in [1.29, 1.82) is 0 Å². The summed E-state index contributed by atoms with van der Waals surface area (Å²) in [4.78, 5) is 39.4. The van der Waals surface area contributed by atoms with Gasteiger partial charge >= 0.3 is 0 Å². The molecule has 4 rings (SSSR count). The highest BCUT2D eigenvalue weighted by molar-refractivity contribution is 5.92. The van der Waals surface area contributed by atoms with Gasteiger partial charge in [-0.15, -0.1) is 0 Å². The van der Waals surface area contributed by atoms with E-state index in [2.05, 4.69) is 16.0 Å². The van der Waals surface area contributed by atoms with Gasteiger partial charge in [0.15, 0.2) is 0 Å². The summed E-state index contributed by atoms with van der Waals surface area (Å²) in [6, 6.07) is 28.8. The van der Waals surface area contributed by atoms with E-state index < -0.39 is 47.5 Å². The molecule has 0 radical (unpaired) electrons. The Hall–Kier alpha value is -4.85. The molecule has 6 nitrogen and oxygen atoms in total. The molecule has 0 aliphatic carbocycles. The minimum atomic E-state index is -1.01. The lowest BCUT2D eigenvalue weighted by molar-refractivity contribution is -0.131. The molecule has 0 aliphatic rings. The average molecular weight is 556 g/mol. The van der Waals surface area contributed by atoms with E-state index in [1.807, 2.05) is 91.0 Å². The zero-order chi connectivity index (χ0) is 29.2. The summed E-state index contributed by atoms with van der Waals surface area (Å²) in [5.41, 5.74) is 2.74. The molecule has 8 heteroatoms. The molecule has 210 valence electrons. The van der Waals surface area contributed by atoms with E-state index in [4.69, 9.17) is 0 Å². The third kappa shape index (κ3) is 8.57. The molecule has 2 atom stereocenters. The van der Waals surface area contributed by atoms with Crippen molar-refractivity contribution in [3.05, 3.63) is 143 Å². The van der Waals surface area contributed by atoms with E-state index in [0.717, 1.165) is 34.9 Å². The smallest absolute Gasteiger partial charge is 0.243 e. The second-order valence-corrected chi connectivity index (χ2v) is 9.76. The molecule has 4 aromatic carbocycles. The number of carbonyl (C=O) groups excluding carboxylic acids is 3. The van der Waals surface area contributed by atoms with E-state index in [1.54, 1.807) is 0 Å². The highest BCUT2D eigenvalue weighted by atomic mass is 19.1. The van der Waals surface area contributed by atoms with Crippen molar-refractivity contribution in [2.45, 2.75) is 37.9 Å². The van der Waals surface area contributed by atoms with Gasteiger partial charge in [0.25, 0.3) is 0 Å². The number of hydrogen-bond donors (Lipinski definition) is 3. The van der Waals surface area contributed by atoms with Gasteiger partial charge in [0, 0.05) is 12.5 Å². The first kappa shape index (κ1) is 29.1. The number of hydrogen-bond acceptors (Lipinski definition) is 3. The van der Waals surface area contributed by atoms with Gasteiger partial charge in [-0.1, -0.05) is 91.0 Å². The third-order valence-corrected chi connectivity index (χ3v) is 6.53. The molecule has 0 spiro atoms. The lowest BCUT2D eigenvalue weighted by Crippen LogP contribution is -2.54. The van der Waals surface area contributed by atoms with Crippen molar-refractivity contribution >= 4 is 17.7 Å². The minimum absolute atomic E-state index is 0.141. The van der Waals surface area contributed by atoms with Crippen LogP contribution in [-0.2, 0) is 27.2 Å². The van der Waals surface area contributed by atoms with E-state index in [0.29, 0.717) is 0 Å². The van der Waals surface area contributed by atoms with Crippen LogP contribution in [0.3, 0.4) is 0 Å². The number of carbonyl (C=O) groups is 3. The van der Waals surface area contributed by atoms with Crippen molar-refractivity contribution in [2.75, 3.05) is 0 Å². The van der Waals surface area contributed by atoms with Gasteiger partial charge in [-0.05, 0) is 41.3 Å². The SMILES string of the molecule is C[C@H](NC(=O)Cc1cc(F)cc(F)c1)C(=O)N[C@@H](Cc1ccccc1)C(=O)NC(c1ccccc1)c1ccccc1. The summed E-state index contributed by atoms with van der Waals surface area (Å²) < 4.78 is 27.0. The first-order valence-electron chi connectivity index (χ1n) is 13.3. The van der Waals surface area contributed by atoms with Gasteiger partial charge < -0.3 is 16.0 Å². The summed E-state index contributed by atoms with van der Waals surface area (Å²) in [5, 5.41) is 8.40. The maximum Gasteiger partial charge on any atom is 0.243 e. The molecule has 3 N–H and O–H groups in total. The van der Waals surface area contributed by atoms with Crippen LogP contribution in [0.5, 0.6) is 0 Å². The second kappa shape index (κ2) is 14.0. The third-order valence-electron chi connectivity index (χ3n) is 6.53. The largest absolute Gasteiger partial charge is 0.344 e. The maximum absolute atomic E-state index is 13.7. The first-order chi connectivity index (χ1) is 19.8. The van der Waals surface area contributed by atoms with Crippen molar-refractivity contribution in [3.8, 4) is 0 Å². The summed E-state index contributed by atoms with van der Waals surface area (Å²) in [7, 11) is 0. The number of amides is 3. The molecule has 0 unspecified atom stereocenters. The Labute approximate surface area is 237 Å². The van der Waals surface area contributed by atoms with Crippen molar-refractivity contribution < 1.29 is 23.2 Å². The summed E-state index contributed by atoms with van der Waals surface area (Å²) in [6.07, 6.45) is -0.0893.